The van der Waals surface area contributed by atoms with Crippen LogP contribution in [0.3, 0.4) is 0 Å². The lowest BCUT2D eigenvalue weighted by atomic mass is 10.1. The number of hydrogen-bond acceptors (Lipinski definition) is 3. The fraction of sp³-hybridized carbons (Fsp3) is 0.231. The van der Waals surface area contributed by atoms with Gasteiger partial charge < -0.3 is 5.73 Å². The highest BCUT2D eigenvalue weighted by Gasteiger charge is 2.09. The van der Waals surface area contributed by atoms with Crippen LogP contribution in [0.25, 0.3) is 0 Å². The zero-order chi connectivity index (χ0) is 12.3. The minimum absolute atomic E-state index is 0.450. The van der Waals surface area contributed by atoms with E-state index in [2.05, 4.69) is 29.2 Å². The molecular weight excluding hydrogens is 248 g/mol. The van der Waals surface area contributed by atoms with Gasteiger partial charge in [0.25, 0.3) is 0 Å². The Labute approximate surface area is 111 Å². The van der Waals surface area contributed by atoms with Crippen LogP contribution in [0.5, 0.6) is 0 Å². The molecule has 0 amide bonds. The number of nitrogens with zero attached hydrogens (tertiary/aromatic N) is 1. The zero-order valence-electron chi connectivity index (χ0n) is 9.64. The van der Waals surface area contributed by atoms with Gasteiger partial charge in [-0.3, -0.25) is 0 Å². The first-order valence-corrected chi connectivity index (χ1v) is 6.69. The third-order valence-corrected chi connectivity index (χ3v) is 4.12. The highest BCUT2D eigenvalue weighted by Crippen LogP contribution is 2.19. The minimum atomic E-state index is 0.450. The van der Waals surface area contributed by atoms with Gasteiger partial charge in [-0.15, -0.1) is 11.3 Å². The van der Waals surface area contributed by atoms with Gasteiger partial charge in [-0.05, 0) is 18.9 Å². The normalized spacial score (nSPS) is 10.4. The van der Waals surface area contributed by atoms with E-state index in [0.29, 0.717) is 4.99 Å². The van der Waals surface area contributed by atoms with Crippen molar-refractivity contribution in [3.8, 4) is 0 Å². The van der Waals surface area contributed by atoms with Gasteiger partial charge in [0.1, 0.15) is 4.99 Å². The molecule has 1 aromatic carbocycles. The van der Waals surface area contributed by atoms with Crippen molar-refractivity contribution in [1.29, 1.82) is 0 Å². The molecule has 2 aromatic rings. The summed E-state index contributed by atoms with van der Waals surface area (Å²) in [6.45, 7) is 1.96. The van der Waals surface area contributed by atoms with Crippen LogP contribution in [0.4, 0.5) is 0 Å². The summed E-state index contributed by atoms with van der Waals surface area (Å²) in [5, 5.41) is 1.11. The van der Waals surface area contributed by atoms with E-state index in [1.807, 2.05) is 13.0 Å². The van der Waals surface area contributed by atoms with Gasteiger partial charge in [0, 0.05) is 6.42 Å². The Morgan fingerprint density at radius 1 is 1.29 bits per heavy atom. The SMILES string of the molecule is Cc1nc(CCc2ccccc2)sc1C(N)=S. The quantitative estimate of drug-likeness (QED) is 0.861. The summed E-state index contributed by atoms with van der Waals surface area (Å²) in [6, 6.07) is 10.4. The van der Waals surface area contributed by atoms with Gasteiger partial charge in [-0.25, -0.2) is 4.98 Å². The number of aromatic nitrogens is 1. The Bertz CT molecular complexity index is 517. The van der Waals surface area contributed by atoms with Gasteiger partial charge in [0.05, 0.1) is 15.6 Å². The summed E-state index contributed by atoms with van der Waals surface area (Å²) >= 11 is 6.60. The van der Waals surface area contributed by atoms with Gasteiger partial charge in [-0.1, -0.05) is 42.5 Å². The second-order valence-electron chi connectivity index (χ2n) is 3.87. The van der Waals surface area contributed by atoms with Crippen molar-refractivity contribution in [1.82, 2.24) is 4.98 Å². The van der Waals surface area contributed by atoms with E-state index in [-0.39, 0.29) is 0 Å². The van der Waals surface area contributed by atoms with Crippen LogP contribution in [0.1, 0.15) is 21.1 Å². The Morgan fingerprint density at radius 3 is 2.59 bits per heavy atom. The van der Waals surface area contributed by atoms with Crippen molar-refractivity contribution in [2.24, 2.45) is 5.73 Å². The first-order chi connectivity index (χ1) is 8.16. The van der Waals surface area contributed by atoms with Crippen LogP contribution in [-0.2, 0) is 12.8 Å². The number of nitrogens with two attached hydrogens (primary N) is 1. The van der Waals surface area contributed by atoms with Crippen LogP contribution in [0.15, 0.2) is 30.3 Å². The van der Waals surface area contributed by atoms with Gasteiger partial charge in [0.15, 0.2) is 0 Å². The second-order valence-corrected chi connectivity index (χ2v) is 5.40. The van der Waals surface area contributed by atoms with Crippen molar-refractivity contribution < 1.29 is 0 Å². The lowest BCUT2D eigenvalue weighted by Gasteiger charge is -1.97. The number of benzene rings is 1. The lowest BCUT2D eigenvalue weighted by Crippen LogP contribution is -2.08. The molecule has 4 heteroatoms. The fourth-order valence-corrected chi connectivity index (χ4v) is 2.87. The molecule has 0 fully saturated rings. The molecule has 1 aromatic heterocycles. The Balaban J connectivity index is 2.05. The van der Waals surface area contributed by atoms with Crippen LogP contribution in [-0.4, -0.2) is 9.97 Å². The fourth-order valence-electron chi connectivity index (χ4n) is 1.68. The number of thiazole rings is 1. The number of thiocarbonyl (C=S) groups is 1. The van der Waals surface area contributed by atoms with Crippen molar-refractivity contribution in [2.75, 3.05) is 0 Å². The lowest BCUT2D eigenvalue weighted by molar-refractivity contribution is 0.936. The molecule has 2 nitrogen and oxygen atoms in total. The maximum absolute atomic E-state index is 5.64. The highest BCUT2D eigenvalue weighted by atomic mass is 32.1. The van der Waals surface area contributed by atoms with E-state index in [1.165, 1.54) is 5.56 Å². The third-order valence-electron chi connectivity index (χ3n) is 2.54. The van der Waals surface area contributed by atoms with Crippen molar-refractivity contribution >= 4 is 28.5 Å². The predicted molar refractivity (Wildman–Crippen MR) is 76.6 cm³/mol. The molecule has 0 saturated heterocycles. The van der Waals surface area contributed by atoms with Gasteiger partial charge in [-0.2, -0.15) is 0 Å². The van der Waals surface area contributed by atoms with E-state index < -0.39 is 0 Å². The van der Waals surface area contributed by atoms with E-state index in [1.54, 1.807) is 11.3 Å². The molecule has 88 valence electrons. The average molecular weight is 262 g/mol. The molecule has 0 unspecified atom stereocenters. The molecule has 0 aliphatic heterocycles. The molecule has 17 heavy (non-hydrogen) atoms. The van der Waals surface area contributed by atoms with Crippen LogP contribution in [0.2, 0.25) is 0 Å². The third kappa shape index (κ3) is 3.11. The van der Waals surface area contributed by atoms with Gasteiger partial charge in [0.2, 0.25) is 0 Å². The zero-order valence-corrected chi connectivity index (χ0v) is 11.3. The van der Waals surface area contributed by atoms with Crippen LogP contribution < -0.4 is 5.73 Å². The molecule has 0 spiro atoms. The summed E-state index contributed by atoms with van der Waals surface area (Å²) in [5.74, 6) is 0. The van der Waals surface area contributed by atoms with Crippen LogP contribution >= 0.6 is 23.6 Å². The molecular formula is C13H14N2S2. The number of aryl methyl sites for hydroxylation is 3. The molecule has 0 aliphatic rings. The van der Waals surface area contributed by atoms with Crippen molar-refractivity contribution in [3.05, 3.63) is 51.5 Å². The topological polar surface area (TPSA) is 38.9 Å². The molecule has 0 bridgehead atoms. The molecule has 0 saturated carbocycles. The smallest absolute Gasteiger partial charge is 0.116 e. The average Bonchev–Trinajstić information content (AvgIpc) is 2.69. The van der Waals surface area contributed by atoms with Crippen molar-refractivity contribution in [2.45, 2.75) is 19.8 Å². The molecule has 1 heterocycles. The second kappa shape index (κ2) is 5.38. The molecule has 2 rings (SSSR count). The predicted octanol–water partition coefficient (Wildman–Crippen LogP) is 2.87. The first kappa shape index (κ1) is 12.2. The summed E-state index contributed by atoms with van der Waals surface area (Å²) in [4.78, 5) is 5.90. The van der Waals surface area contributed by atoms with E-state index in [0.717, 1.165) is 28.4 Å². The Kier molecular flexibility index (Phi) is 3.86. The summed E-state index contributed by atoms with van der Waals surface area (Å²) < 4.78 is 0. The van der Waals surface area contributed by atoms with Crippen molar-refractivity contribution in [3.63, 3.8) is 0 Å². The standard InChI is InChI=1S/C13H14N2S2/c1-9-12(13(14)16)17-11(15-9)8-7-10-5-3-2-4-6-10/h2-6H,7-8H2,1H3,(H2,14,16). The monoisotopic (exact) mass is 262 g/mol. The minimum Gasteiger partial charge on any atom is -0.389 e. The van der Waals surface area contributed by atoms with E-state index >= 15 is 0 Å². The van der Waals surface area contributed by atoms with Gasteiger partial charge >= 0.3 is 0 Å². The molecule has 0 radical (unpaired) electrons. The number of rotatable bonds is 4. The summed E-state index contributed by atoms with van der Waals surface area (Å²) in [6.07, 6.45) is 1.95. The number of hydrogen-bond donors (Lipinski definition) is 1. The summed E-state index contributed by atoms with van der Waals surface area (Å²) in [5.41, 5.74) is 7.92. The van der Waals surface area contributed by atoms with E-state index in [4.69, 9.17) is 18.0 Å². The molecule has 0 atom stereocenters. The maximum Gasteiger partial charge on any atom is 0.116 e. The molecule has 2 N–H and O–H groups in total. The maximum atomic E-state index is 5.64. The Hall–Kier alpha value is -1.26. The van der Waals surface area contributed by atoms with Crippen LogP contribution in [0, 0.1) is 6.92 Å². The Morgan fingerprint density at radius 2 is 2.00 bits per heavy atom. The van der Waals surface area contributed by atoms with E-state index in [9.17, 15) is 0 Å². The first-order valence-electron chi connectivity index (χ1n) is 5.47. The molecule has 0 aliphatic carbocycles. The highest BCUT2D eigenvalue weighted by molar-refractivity contribution is 7.81. The largest absolute Gasteiger partial charge is 0.389 e. The summed E-state index contributed by atoms with van der Waals surface area (Å²) in [7, 11) is 0.